The molecule has 1 aromatic carbocycles. The Bertz CT molecular complexity index is 411. The molecule has 0 fully saturated rings. The van der Waals surface area contributed by atoms with Gasteiger partial charge in [0.1, 0.15) is 5.75 Å². The Morgan fingerprint density at radius 3 is 2.87 bits per heavy atom. The van der Waals surface area contributed by atoms with Gasteiger partial charge < -0.3 is 9.84 Å². The molecule has 3 heteroatoms. The zero-order valence-electron chi connectivity index (χ0n) is 8.91. The van der Waals surface area contributed by atoms with Gasteiger partial charge in [-0.25, -0.2) is 0 Å². The van der Waals surface area contributed by atoms with Crippen LogP contribution in [-0.4, -0.2) is 18.2 Å². The molecule has 1 N–H and O–H groups in total. The highest BCUT2D eigenvalue weighted by molar-refractivity contribution is 5.83. The maximum Gasteiger partial charge on any atom is 0.313 e. The van der Waals surface area contributed by atoms with E-state index in [1.54, 1.807) is 14.0 Å². The molecule has 0 saturated heterocycles. The molecule has 3 nitrogen and oxygen atoms in total. The summed E-state index contributed by atoms with van der Waals surface area (Å²) in [4.78, 5) is 11.2. The Kier molecular flexibility index (Phi) is 2.18. The van der Waals surface area contributed by atoms with Crippen molar-refractivity contribution in [3.63, 3.8) is 0 Å². The monoisotopic (exact) mass is 206 g/mol. The van der Waals surface area contributed by atoms with Crippen molar-refractivity contribution in [2.24, 2.45) is 0 Å². The highest BCUT2D eigenvalue weighted by Gasteiger charge is 2.42. The number of carboxylic acid groups (broad SMARTS) is 1. The molecule has 0 bridgehead atoms. The van der Waals surface area contributed by atoms with E-state index in [4.69, 9.17) is 4.74 Å². The van der Waals surface area contributed by atoms with E-state index in [0.29, 0.717) is 6.42 Å². The molecule has 0 spiro atoms. The van der Waals surface area contributed by atoms with Crippen molar-refractivity contribution in [2.45, 2.75) is 25.2 Å². The Balaban J connectivity index is 2.57. The average Bonchev–Trinajstić information content (AvgIpc) is 2.58. The lowest BCUT2D eigenvalue weighted by atomic mass is 9.84. The third kappa shape index (κ3) is 1.30. The number of benzene rings is 1. The molecule has 1 unspecified atom stereocenters. The van der Waals surface area contributed by atoms with Gasteiger partial charge in [0.25, 0.3) is 0 Å². The summed E-state index contributed by atoms with van der Waals surface area (Å²) in [6.07, 6.45) is 1.43. The molecular weight excluding hydrogens is 192 g/mol. The Morgan fingerprint density at radius 2 is 2.27 bits per heavy atom. The number of carboxylic acids is 1. The second-order valence-electron chi connectivity index (χ2n) is 4.12. The van der Waals surface area contributed by atoms with E-state index in [0.717, 1.165) is 23.3 Å². The number of ether oxygens (including phenoxy) is 1. The van der Waals surface area contributed by atoms with Crippen LogP contribution >= 0.6 is 0 Å². The first kappa shape index (κ1) is 10.0. The minimum Gasteiger partial charge on any atom is -0.496 e. The highest BCUT2D eigenvalue weighted by Crippen LogP contribution is 2.42. The summed E-state index contributed by atoms with van der Waals surface area (Å²) in [6, 6.07) is 5.62. The predicted octanol–water partition coefficient (Wildman–Crippen LogP) is 1.98. The van der Waals surface area contributed by atoms with Gasteiger partial charge in [-0.2, -0.15) is 0 Å². The van der Waals surface area contributed by atoms with Crippen LogP contribution in [0.2, 0.25) is 0 Å². The fourth-order valence-corrected chi connectivity index (χ4v) is 2.26. The number of aliphatic carboxylic acids is 1. The summed E-state index contributed by atoms with van der Waals surface area (Å²) in [5, 5.41) is 9.24. The first-order valence-corrected chi connectivity index (χ1v) is 4.99. The van der Waals surface area contributed by atoms with Crippen molar-refractivity contribution in [3.8, 4) is 5.75 Å². The van der Waals surface area contributed by atoms with Crippen LogP contribution in [0.1, 0.15) is 24.5 Å². The predicted molar refractivity (Wildman–Crippen MR) is 56.3 cm³/mol. The molecule has 1 aliphatic carbocycles. The van der Waals surface area contributed by atoms with Crippen molar-refractivity contribution in [1.82, 2.24) is 0 Å². The summed E-state index contributed by atoms with van der Waals surface area (Å²) in [6.45, 7) is 1.78. The maximum atomic E-state index is 11.2. The molecule has 0 heterocycles. The van der Waals surface area contributed by atoms with Gasteiger partial charge in [0.2, 0.25) is 0 Å². The normalized spacial score (nSPS) is 23.6. The molecule has 2 rings (SSSR count). The summed E-state index contributed by atoms with van der Waals surface area (Å²) in [7, 11) is 1.62. The lowest BCUT2D eigenvalue weighted by molar-refractivity contribution is -0.143. The lowest BCUT2D eigenvalue weighted by Gasteiger charge is -2.19. The van der Waals surface area contributed by atoms with E-state index in [-0.39, 0.29) is 0 Å². The summed E-state index contributed by atoms with van der Waals surface area (Å²) in [5.74, 6) is 0.0481. The van der Waals surface area contributed by atoms with E-state index >= 15 is 0 Å². The molecule has 15 heavy (non-hydrogen) atoms. The van der Waals surface area contributed by atoms with Crippen LogP contribution in [0, 0.1) is 0 Å². The quantitative estimate of drug-likeness (QED) is 0.804. The fraction of sp³-hybridized carbons (Fsp3) is 0.417. The molecule has 1 aromatic rings. The van der Waals surface area contributed by atoms with Crippen molar-refractivity contribution in [3.05, 3.63) is 29.3 Å². The number of methoxy groups -OCH3 is 1. The van der Waals surface area contributed by atoms with Gasteiger partial charge in [-0.15, -0.1) is 0 Å². The SMILES string of the molecule is COc1cccc2c1CCC2(C)C(=O)O. The van der Waals surface area contributed by atoms with Crippen LogP contribution < -0.4 is 4.74 Å². The van der Waals surface area contributed by atoms with E-state index in [9.17, 15) is 9.90 Å². The second-order valence-corrected chi connectivity index (χ2v) is 4.12. The molecule has 1 aliphatic rings. The molecule has 0 saturated carbocycles. The third-order valence-corrected chi connectivity index (χ3v) is 3.29. The number of fused-ring (bicyclic) bond motifs is 1. The number of carbonyl (C=O) groups is 1. The molecule has 0 aliphatic heterocycles. The van der Waals surface area contributed by atoms with E-state index < -0.39 is 11.4 Å². The minimum absolute atomic E-state index is 0.651. The summed E-state index contributed by atoms with van der Waals surface area (Å²) in [5.41, 5.74) is 1.20. The van der Waals surface area contributed by atoms with Gasteiger partial charge >= 0.3 is 5.97 Å². The summed E-state index contributed by atoms with van der Waals surface area (Å²) >= 11 is 0. The molecule has 80 valence electrons. The van der Waals surface area contributed by atoms with Gasteiger partial charge in [0, 0.05) is 0 Å². The average molecular weight is 206 g/mol. The fourth-order valence-electron chi connectivity index (χ4n) is 2.26. The van der Waals surface area contributed by atoms with E-state index in [1.165, 1.54) is 0 Å². The zero-order valence-corrected chi connectivity index (χ0v) is 8.91. The minimum atomic E-state index is -0.755. The summed E-state index contributed by atoms with van der Waals surface area (Å²) < 4.78 is 5.24. The van der Waals surface area contributed by atoms with Crippen LogP contribution in [0.25, 0.3) is 0 Å². The van der Waals surface area contributed by atoms with E-state index in [1.807, 2.05) is 18.2 Å². The molecule has 0 aromatic heterocycles. The number of hydrogen-bond donors (Lipinski definition) is 1. The van der Waals surface area contributed by atoms with Gasteiger partial charge in [-0.05, 0) is 37.0 Å². The molecular formula is C12H14O3. The van der Waals surface area contributed by atoms with Crippen LogP contribution in [0.3, 0.4) is 0 Å². The molecule has 0 radical (unpaired) electrons. The van der Waals surface area contributed by atoms with Gasteiger partial charge in [-0.3, -0.25) is 4.79 Å². The Hall–Kier alpha value is -1.51. The van der Waals surface area contributed by atoms with Gasteiger partial charge in [0.05, 0.1) is 12.5 Å². The van der Waals surface area contributed by atoms with Crippen LogP contribution in [0.4, 0.5) is 0 Å². The number of hydrogen-bond acceptors (Lipinski definition) is 2. The Labute approximate surface area is 88.7 Å². The first-order valence-electron chi connectivity index (χ1n) is 4.99. The topological polar surface area (TPSA) is 46.5 Å². The first-order chi connectivity index (χ1) is 7.09. The number of rotatable bonds is 2. The Morgan fingerprint density at radius 1 is 1.53 bits per heavy atom. The zero-order chi connectivity index (χ0) is 11.1. The smallest absolute Gasteiger partial charge is 0.313 e. The molecule has 1 atom stereocenters. The lowest BCUT2D eigenvalue weighted by Crippen LogP contribution is -2.29. The maximum absolute atomic E-state index is 11.2. The van der Waals surface area contributed by atoms with Crippen molar-refractivity contribution in [2.75, 3.05) is 7.11 Å². The van der Waals surface area contributed by atoms with Gasteiger partial charge in [0.15, 0.2) is 0 Å². The highest BCUT2D eigenvalue weighted by atomic mass is 16.5. The van der Waals surface area contributed by atoms with Crippen LogP contribution in [0.15, 0.2) is 18.2 Å². The second kappa shape index (κ2) is 3.26. The largest absolute Gasteiger partial charge is 0.496 e. The van der Waals surface area contributed by atoms with Crippen molar-refractivity contribution >= 4 is 5.97 Å². The molecule has 0 amide bonds. The van der Waals surface area contributed by atoms with E-state index in [2.05, 4.69) is 0 Å². The van der Waals surface area contributed by atoms with Crippen molar-refractivity contribution in [1.29, 1.82) is 0 Å². The third-order valence-electron chi connectivity index (χ3n) is 3.29. The van der Waals surface area contributed by atoms with Crippen molar-refractivity contribution < 1.29 is 14.6 Å². The van der Waals surface area contributed by atoms with Crippen LogP contribution in [0.5, 0.6) is 5.75 Å². The van der Waals surface area contributed by atoms with Crippen LogP contribution in [-0.2, 0) is 16.6 Å². The van der Waals surface area contributed by atoms with Gasteiger partial charge in [-0.1, -0.05) is 12.1 Å². The standard InChI is InChI=1S/C12H14O3/c1-12(11(13)14)7-6-8-9(12)4-3-5-10(8)15-2/h3-5H,6-7H2,1-2H3,(H,13,14).